The molecule has 19 heavy (non-hydrogen) atoms. The Morgan fingerprint density at radius 2 is 2.05 bits per heavy atom. The van der Waals surface area contributed by atoms with Crippen LogP contribution >= 0.6 is 27.5 Å². The molecule has 3 rings (SSSR count). The molecule has 0 bridgehead atoms. The van der Waals surface area contributed by atoms with Crippen LogP contribution in [0.1, 0.15) is 0 Å². The number of aromatic nitrogens is 3. The van der Waals surface area contributed by atoms with Gasteiger partial charge < -0.3 is 9.72 Å². The number of ether oxygens (including phenoxy) is 1. The van der Waals surface area contributed by atoms with Gasteiger partial charge in [0.1, 0.15) is 5.82 Å². The van der Waals surface area contributed by atoms with E-state index in [4.69, 9.17) is 16.3 Å². The lowest BCUT2D eigenvalue weighted by Crippen LogP contribution is -1.86. The third-order valence-electron chi connectivity index (χ3n) is 2.72. The summed E-state index contributed by atoms with van der Waals surface area (Å²) >= 11 is 9.38. The minimum Gasteiger partial charge on any atom is -0.481 e. The Morgan fingerprint density at radius 3 is 2.79 bits per heavy atom. The Kier molecular flexibility index (Phi) is 3.16. The maximum Gasteiger partial charge on any atom is 0.215 e. The Morgan fingerprint density at radius 1 is 1.21 bits per heavy atom. The minimum absolute atomic E-state index is 0.544. The molecule has 1 N–H and O–H groups in total. The summed E-state index contributed by atoms with van der Waals surface area (Å²) in [7, 11) is 1.58. The van der Waals surface area contributed by atoms with Crippen molar-refractivity contribution < 1.29 is 4.74 Å². The summed E-state index contributed by atoms with van der Waals surface area (Å²) in [6.07, 6.45) is 0. The number of imidazole rings is 1. The van der Waals surface area contributed by atoms with Gasteiger partial charge in [-0.2, -0.15) is 4.98 Å². The number of H-pyrrole nitrogens is 1. The van der Waals surface area contributed by atoms with Gasteiger partial charge in [-0.05, 0) is 40.2 Å². The van der Waals surface area contributed by atoms with Crippen LogP contribution in [0.3, 0.4) is 0 Å². The van der Waals surface area contributed by atoms with Crippen molar-refractivity contribution in [2.24, 2.45) is 0 Å². The van der Waals surface area contributed by atoms with Crippen molar-refractivity contribution in [3.63, 3.8) is 0 Å². The van der Waals surface area contributed by atoms with Crippen molar-refractivity contribution in [1.29, 1.82) is 0 Å². The third kappa shape index (κ3) is 2.31. The molecule has 0 aliphatic heterocycles. The SMILES string of the molecule is COc1ccc2[nH]c(-c3ccc(Cl)c(Br)c3)nc2n1. The van der Waals surface area contributed by atoms with Gasteiger partial charge in [0.15, 0.2) is 5.65 Å². The van der Waals surface area contributed by atoms with Crippen molar-refractivity contribution in [1.82, 2.24) is 15.0 Å². The van der Waals surface area contributed by atoms with Gasteiger partial charge in [0.2, 0.25) is 5.88 Å². The smallest absolute Gasteiger partial charge is 0.215 e. The minimum atomic E-state index is 0.544. The van der Waals surface area contributed by atoms with Gasteiger partial charge in [-0.1, -0.05) is 11.6 Å². The standard InChI is InChI=1S/C13H9BrClN3O/c1-19-11-5-4-10-13(17-11)18-12(16-10)7-2-3-9(15)8(14)6-7/h2-6H,1H3,(H,16,17,18). The quantitative estimate of drug-likeness (QED) is 0.767. The van der Waals surface area contributed by atoms with Crippen LogP contribution in [0.5, 0.6) is 5.88 Å². The summed E-state index contributed by atoms with van der Waals surface area (Å²) in [5.41, 5.74) is 2.43. The van der Waals surface area contributed by atoms with E-state index in [1.54, 1.807) is 13.2 Å². The molecule has 0 atom stereocenters. The first kappa shape index (κ1) is 12.4. The summed E-state index contributed by atoms with van der Waals surface area (Å²) in [5, 5.41) is 0.666. The fraction of sp³-hybridized carbons (Fsp3) is 0.0769. The number of hydrogen-bond donors (Lipinski definition) is 1. The summed E-state index contributed by atoms with van der Waals surface area (Å²) < 4.78 is 5.91. The molecule has 4 nitrogen and oxygen atoms in total. The highest BCUT2D eigenvalue weighted by molar-refractivity contribution is 9.10. The van der Waals surface area contributed by atoms with Crippen LogP contribution in [0.2, 0.25) is 5.02 Å². The fourth-order valence-corrected chi connectivity index (χ4v) is 2.27. The van der Waals surface area contributed by atoms with Crippen LogP contribution < -0.4 is 4.74 Å². The maximum absolute atomic E-state index is 5.98. The predicted molar refractivity (Wildman–Crippen MR) is 78.6 cm³/mol. The molecule has 3 aromatic rings. The zero-order chi connectivity index (χ0) is 13.4. The molecule has 0 radical (unpaired) electrons. The monoisotopic (exact) mass is 337 g/mol. The largest absolute Gasteiger partial charge is 0.481 e. The number of nitrogens with one attached hydrogen (secondary N) is 1. The van der Waals surface area contributed by atoms with Crippen molar-refractivity contribution in [3.05, 3.63) is 39.8 Å². The first-order chi connectivity index (χ1) is 9.17. The Labute approximate surface area is 122 Å². The van der Waals surface area contributed by atoms with Crippen LogP contribution in [0, 0.1) is 0 Å². The van der Waals surface area contributed by atoms with Gasteiger partial charge in [-0.25, -0.2) is 4.98 Å². The molecule has 0 aliphatic rings. The highest BCUT2D eigenvalue weighted by atomic mass is 79.9. The van der Waals surface area contributed by atoms with E-state index in [1.807, 2.05) is 24.3 Å². The maximum atomic E-state index is 5.98. The van der Waals surface area contributed by atoms with E-state index in [2.05, 4.69) is 30.9 Å². The number of halogens is 2. The molecule has 0 unspecified atom stereocenters. The van der Waals surface area contributed by atoms with Gasteiger partial charge in [-0.15, -0.1) is 0 Å². The van der Waals surface area contributed by atoms with Crippen LogP contribution in [0.4, 0.5) is 0 Å². The summed E-state index contributed by atoms with van der Waals surface area (Å²) in [4.78, 5) is 11.9. The third-order valence-corrected chi connectivity index (χ3v) is 3.94. The number of nitrogens with zero attached hydrogens (tertiary/aromatic N) is 2. The zero-order valence-electron chi connectivity index (χ0n) is 9.95. The normalized spacial score (nSPS) is 10.9. The van der Waals surface area contributed by atoms with E-state index < -0.39 is 0 Å². The molecule has 0 spiro atoms. The van der Waals surface area contributed by atoms with E-state index in [0.717, 1.165) is 21.4 Å². The van der Waals surface area contributed by atoms with Crippen molar-refractivity contribution >= 4 is 38.7 Å². The molecule has 2 aromatic heterocycles. The first-order valence-corrected chi connectivity index (χ1v) is 6.70. The lowest BCUT2D eigenvalue weighted by atomic mass is 10.2. The van der Waals surface area contributed by atoms with E-state index in [9.17, 15) is 0 Å². The summed E-state index contributed by atoms with van der Waals surface area (Å²) in [6.45, 7) is 0. The lowest BCUT2D eigenvalue weighted by molar-refractivity contribution is 0.399. The highest BCUT2D eigenvalue weighted by Gasteiger charge is 2.08. The molecule has 6 heteroatoms. The average Bonchev–Trinajstić information content (AvgIpc) is 2.84. The van der Waals surface area contributed by atoms with Gasteiger partial charge in [0.25, 0.3) is 0 Å². The number of hydrogen-bond acceptors (Lipinski definition) is 3. The van der Waals surface area contributed by atoms with E-state index in [1.165, 1.54) is 0 Å². The number of methoxy groups -OCH3 is 1. The van der Waals surface area contributed by atoms with Crippen LogP contribution in [-0.2, 0) is 0 Å². The molecule has 0 amide bonds. The van der Waals surface area contributed by atoms with Gasteiger partial charge >= 0.3 is 0 Å². The second kappa shape index (κ2) is 4.83. The molecular weight excluding hydrogens is 330 g/mol. The van der Waals surface area contributed by atoms with Gasteiger partial charge in [-0.3, -0.25) is 0 Å². The summed E-state index contributed by atoms with van der Waals surface area (Å²) in [6, 6.07) is 9.33. The Balaban J connectivity index is 2.11. The number of aromatic amines is 1. The van der Waals surface area contributed by atoms with Crippen molar-refractivity contribution in [3.8, 4) is 17.3 Å². The Hall–Kier alpha value is -1.59. The topological polar surface area (TPSA) is 50.8 Å². The fourth-order valence-electron chi connectivity index (χ4n) is 1.77. The molecule has 0 saturated carbocycles. The molecular formula is C13H9BrClN3O. The molecule has 1 aromatic carbocycles. The Bertz CT molecular complexity index is 757. The molecule has 0 saturated heterocycles. The number of fused-ring (bicyclic) bond motifs is 1. The number of benzene rings is 1. The van der Waals surface area contributed by atoms with Crippen LogP contribution in [0.25, 0.3) is 22.6 Å². The summed E-state index contributed by atoms with van der Waals surface area (Å²) in [5.74, 6) is 1.29. The molecule has 2 heterocycles. The van der Waals surface area contributed by atoms with E-state index >= 15 is 0 Å². The van der Waals surface area contributed by atoms with Gasteiger partial charge in [0, 0.05) is 16.1 Å². The second-order valence-corrected chi connectivity index (χ2v) is 5.20. The van der Waals surface area contributed by atoms with E-state index in [0.29, 0.717) is 16.5 Å². The number of rotatable bonds is 2. The first-order valence-electron chi connectivity index (χ1n) is 5.53. The lowest BCUT2D eigenvalue weighted by Gasteiger charge is -1.99. The van der Waals surface area contributed by atoms with Crippen LogP contribution in [0.15, 0.2) is 34.8 Å². The zero-order valence-corrected chi connectivity index (χ0v) is 12.3. The average molecular weight is 339 g/mol. The van der Waals surface area contributed by atoms with Gasteiger partial charge in [0.05, 0.1) is 17.6 Å². The molecule has 96 valence electrons. The molecule has 0 aliphatic carbocycles. The highest BCUT2D eigenvalue weighted by Crippen LogP contribution is 2.28. The predicted octanol–water partition coefficient (Wildman–Crippen LogP) is 4.05. The molecule has 0 fully saturated rings. The van der Waals surface area contributed by atoms with Crippen molar-refractivity contribution in [2.75, 3.05) is 7.11 Å². The van der Waals surface area contributed by atoms with E-state index in [-0.39, 0.29) is 0 Å². The second-order valence-electron chi connectivity index (χ2n) is 3.94. The number of pyridine rings is 1. The van der Waals surface area contributed by atoms with Crippen molar-refractivity contribution in [2.45, 2.75) is 0 Å². The van der Waals surface area contributed by atoms with Crippen LogP contribution in [-0.4, -0.2) is 22.1 Å².